The standard InChI is InChI=1S/C22H20F6N4O2/c1-31(13-5-8-34-9-6-13)20(33)14-3-2-12(10-15(14)23)18-19-16(4-7-29-18)32(11-17(24)25)21(30-19)22(26,27)28/h2-4,7,10,13,17H,5-6,8-9,11H2,1H3. The molecule has 0 aliphatic carbocycles. The molecule has 0 radical (unpaired) electrons. The molecule has 34 heavy (non-hydrogen) atoms. The number of halogens is 6. The average molecular weight is 486 g/mol. The van der Waals surface area contributed by atoms with E-state index in [1.165, 1.54) is 17.0 Å². The van der Waals surface area contributed by atoms with Crippen molar-refractivity contribution in [2.45, 2.75) is 38.0 Å². The molecule has 2 aromatic heterocycles. The van der Waals surface area contributed by atoms with Gasteiger partial charge in [-0.1, -0.05) is 6.07 Å². The van der Waals surface area contributed by atoms with E-state index in [9.17, 15) is 31.1 Å². The maximum atomic E-state index is 15.0. The molecule has 1 aliphatic rings. The maximum absolute atomic E-state index is 15.0. The molecular weight excluding hydrogens is 466 g/mol. The van der Waals surface area contributed by atoms with Gasteiger partial charge in [-0.3, -0.25) is 9.78 Å². The van der Waals surface area contributed by atoms with Crippen LogP contribution in [0.15, 0.2) is 30.5 Å². The highest BCUT2D eigenvalue weighted by molar-refractivity contribution is 5.96. The number of alkyl halides is 5. The molecular formula is C22H20F6N4O2. The zero-order valence-corrected chi connectivity index (χ0v) is 18.0. The van der Waals surface area contributed by atoms with E-state index >= 15 is 0 Å². The zero-order valence-electron chi connectivity index (χ0n) is 18.0. The Morgan fingerprint density at radius 2 is 1.94 bits per heavy atom. The summed E-state index contributed by atoms with van der Waals surface area (Å²) in [6.45, 7) is -0.218. The second-order valence-electron chi connectivity index (χ2n) is 7.92. The first-order valence-electron chi connectivity index (χ1n) is 10.4. The van der Waals surface area contributed by atoms with E-state index in [0.29, 0.717) is 30.6 Å². The number of nitrogens with zero attached hydrogens (tertiary/aromatic N) is 4. The molecule has 1 aliphatic heterocycles. The molecule has 6 nitrogen and oxygen atoms in total. The lowest BCUT2D eigenvalue weighted by atomic mass is 10.0. The molecule has 4 rings (SSSR count). The van der Waals surface area contributed by atoms with E-state index in [-0.39, 0.29) is 33.9 Å². The van der Waals surface area contributed by atoms with E-state index in [2.05, 4.69) is 9.97 Å². The maximum Gasteiger partial charge on any atom is 0.449 e. The largest absolute Gasteiger partial charge is 0.449 e. The molecule has 0 saturated carbocycles. The van der Waals surface area contributed by atoms with E-state index in [4.69, 9.17) is 4.74 Å². The summed E-state index contributed by atoms with van der Waals surface area (Å²) in [5, 5.41) is 0. The summed E-state index contributed by atoms with van der Waals surface area (Å²) in [5.41, 5.74) is -0.773. The first kappa shape index (κ1) is 24.0. The van der Waals surface area contributed by atoms with Gasteiger partial charge in [-0.05, 0) is 31.0 Å². The van der Waals surface area contributed by atoms with Crippen molar-refractivity contribution in [1.29, 1.82) is 0 Å². The molecule has 12 heteroatoms. The van der Waals surface area contributed by atoms with Gasteiger partial charge in [0.25, 0.3) is 12.3 Å². The number of carbonyl (C=O) groups is 1. The monoisotopic (exact) mass is 486 g/mol. The fraction of sp³-hybridized carbons (Fsp3) is 0.409. The van der Waals surface area contributed by atoms with E-state index < -0.39 is 36.7 Å². The Morgan fingerprint density at radius 3 is 2.56 bits per heavy atom. The van der Waals surface area contributed by atoms with Gasteiger partial charge in [-0.2, -0.15) is 13.2 Å². The van der Waals surface area contributed by atoms with Crippen molar-refractivity contribution >= 4 is 16.9 Å². The van der Waals surface area contributed by atoms with Crippen LogP contribution in [-0.2, 0) is 17.5 Å². The normalized spacial score (nSPS) is 15.3. The highest BCUT2D eigenvalue weighted by Crippen LogP contribution is 2.35. The van der Waals surface area contributed by atoms with Crippen LogP contribution in [0.2, 0.25) is 0 Å². The van der Waals surface area contributed by atoms with E-state index in [1.54, 1.807) is 7.05 Å². The molecule has 1 aromatic carbocycles. The molecule has 0 unspecified atom stereocenters. The van der Waals surface area contributed by atoms with Crippen molar-refractivity contribution in [2.75, 3.05) is 20.3 Å². The molecule has 1 amide bonds. The summed E-state index contributed by atoms with van der Waals surface area (Å²) in [6.07, 6.45) is -5.66. The first-order valence-corrected chi connectivity index (χ1v) is 10.4. The lowest BCUT2D eigenvalue weighted by Gasteiger charge is -2.31. The molecule has 3 aromatic rings. The minimum Gasteiger partial charge on any atom is -0.381 e. The number of pyridine rings is 1. The number of ether oxygens (including phenoxy) is 1. The average Bonchev–Trinajstić information content (AvgIpc) is 3.17. The minimum atomic E-state index is -4.98. The third-order valence-electron chi connectivity index (χ3n) is 5.77. The topological polar surface area (TPSA) is 60.2 Å². The van der Waals surface area contributed by atoms with Gasteiger partial charge in [0, 0.05) is 38.1 Å². The van der Waals surface area contributed by atoms with Crippen LogP contribution in [0.25, 0.3) is 22.3 Å². The van der Waals surface area contributed by atoms with Gasteiger partial charge in [-0.15, -0.1) is 0 Å². The van der Waals surface area contributed by atoms with Gasteiger partial charge in [-0.25, -0.2) is 18.2 Å². The Morgan fingerprint density at radius 1 is 1.24 bits per heavy atom. The Kier molecular flexibility index (Phi) is 6.52. The molecule has 0 N–H and O–H groups in total. The van der Waals surface area contributed by atoms with Crippen LogP contribution in [0.3, 0.4) is 0 Å². The van der Waals surface area contributed by atoms with Crippen LogP contribution in [0, 0.1) is 5.82 Å². The number of benzene rings is 1. The summed E-state index contributed by atoms with van der Waals surface area (Å²) in [4.78, 5) is 21.8. The predicted molar refractivity (Wildman–Crippen MR) is 110 cm³/mol. The van der Waals surface area contributed by atoms with Crippen molar-refractivity contribution in [1.82, 2.24) is 19.4 Å². The second-order valence-corrected chi connectivity index (χ2v) is 7.92. The number of fused-ring (bicyclic) bond motifs is 1. The molecule has 1 fully saturated rings. The van der Waals surface area contributed by atoms with Gasteiger partial charge in [0.15, 0.2) is 0 Å². The molecule has 0 spiro atoms. The Labute approximate surface area is 190 Å². The fourth-order valence-electron chi connectivity index (χ4n) is 4.07. The second kappa shape index (κ2) is 9.24. The fourth-order valence-corrected chi connectivity index (χ4v) is 4.07. The lowest BCUT2D eigenvalue weighted by molar-refractivity contribution is -0.147. The smallest absolute Gasteiger partial charge is 0.381 e. The van der Waals surface area contributed by atoms with Gasteiger partial charge in [0.05, 0.1) is 23.3 Å². The van der Waals surface area contributed by atoms with Crippen molar-refractivity contribution < 1.29 is 35.9 Å². The van der Waals surface area contributed by atoms with Crippen LogP contribution in [0.5, 0.6) is 0 Å². The first-order chi connectivity index (χ1) is 16.1. The SMILES string of the molecule is CN(C(=O)c1ccc(-c2nccc3c2nc(C(F)(F)F)n3CC(F)F)cc1F)C1CCOCC1. The number of carbonyl (C=O) groups excluding carboxylic acids is 1. The Hall–Kier alpha value is -3.15. The van der Waals surface area contributed by atoms with Crippen LogP contribution >= 0.6 is 0 Å². The van der Waals surface area contributed by atoms with Gasteiger partial charge < -0.3 is 14.2 Å². The van der Waals surface area contributed by atoms with Crippen LogP contribution in [0.1, 0.15) is 29.0 Å². The zero-order chi connectivity index (χ0) is 24.6. The number of rotatable bonds is 5. The van der Waals surface area contributed by atoms with E-state index in [0.717, 1.165) is 18.3 Å². The van der Waals surface area contributed by atoms with Gasteiger partial charge in [0.2, 0.25) is 5.82 Å². The molecule has 3 heterocycles. The lowest BCUT2D eigenvalue weighted by Crippen LogP contribution is -2.40. The quantitative estimate of drug-likeness (QED) is 0.488. The number of amides is 1. The number of aromatic nitrogens is 3. The van der Waals surface area contributed by atoms with Crippen molar-refractivity contribution in [2.24, 2.45) is 0 Å². The molecule has 0 bridgehead atoms. The summed E-state index contributed by atoms with van der Waals surface area (Å²) >= 11 is 0. The summed E-state index contributed by atoms with van der Waals surface area (Å²) < 4.78 is 86.9. The third kappa shape index (κ3) is 4.59. The summed E-state index contributed by atoms with van der Waals surface area (Å²) in [5.74, 6) is -2.92. The van der Waals surface area contributed by atoms with Gasteiger partial charge in [0.1, 0.15) is 11.3 Å². The third-order valence-corrected chi connectivity index (χ3v) is 5.77. The molecule has 1 saturated heterocycles. The summed E-state index contributed by atoms with van der Waals surface area (Å²) in [6, 6.07) is 4.59. The highest BCUT2D eigenvalue weighted by atomic mass is 19.4. The minimum absolute atomic E-state index is 0.0591. The summed E-state index contributed by atoms with van der Waals surface area (Å²) in [7, 11) is 1.57. The Bertz CT molecular complexity index is 1200. The van der Waals surface area contributed by atoms with Crippen LogP contribution in [0.4, 0.5) is 26.3 Å². The number of hydrogen-bond donors (Lipinski definition) is 0. The molecule has 0 atom stereocenters. The van der Waals surface area contributed by atoms with Crippen LogP contribution < -0.4 is 0 Å². The molecule has 182 valence electrons. The van der Waals surface area contributed by atoms with Crippen molar-refractivity contribution in [3.8, 4) is 11.3 Å². The van der Waals surface area contributed by atoms with Crippen molar-refractivity contribution in [3.05, 3.63) is 47.7 Å². The predicted octanol–water partition coefficient (Wildman–Crippen LogP) is 4.77. The van der Waals surface area contributed by atoms with E-state index in [1.807, 2.05) is 0 Å². The van der Waals surface area contributed by atoms with Gasteiger partial charge >= 0.3 is 6.18 Å². The number of hydrogen-bond acceptors (Lipinski definition) is 4. The number of imidazole rings is 1. The van der Waals surface area contributed by atoms with Crippen molar-refractivity contribution in [3.63, 3.8) is 0 Å². The highest BCUT2D eigenvalue weighted by Gasteiger charge is 2.38. The Balaban J connectivity index is 1.73. The van der Waals surface area contributed by atoms with Crippen LogP contribution in [-0.4, -0.2) is 58.1 Å².